The molecule has 2 atom stereocenters. The zero-order chi connectivity index (χ0) is 15.9. The SMILES string of the molecule is Cc1ccc2c(C(=O)CN3[C@H](C)CCC[C@@H]3C)c(C)[nH]c2c1. The Morgan fingerprint density at radius 2 is 1.91 bits per heavy atom. The maximum Gasteiger partial charge on any atom is 0.179 e. The molecular weight excluding hydrogens is 272 g/mol. The van der Waals surface area contributed by atoms with Crippen LogP contribution in [0, 0.1) is 13.8 Å². The van der Waals surface area contributed by atoms with Gasteiger partial charge in [-0.05, 0) is 52.2 Å². The summed E-state index contributed by atoms with van der Waals surface area (Å²) in [5.41, 5.74) is 4.15. The second-order valence-electron chi connectivity index (χ2n) is 6.90. The van der Waals surface area contributed by atoms with Crippen molar-refractivity contribution in [2.75, 3.05) is 6.54 Å². The van der Waals surface area contributed by atoms with Crippen molar-refractivity contribution in [3.05, 3.63) is 35.0 Å². The molecule has 0 saturated carbocycles. The number of carbonyl (C=O) groups is 1. The summed E-state index contributed by atoms with van der Waals surface area (Å²) in [7, 11) is 0. The number of carbonyl (C=O) groups excluding carboxylic acids is 1. The molecule has 0 bridgehead atoms. The van der Waals surface area contributed by atoms with Crippen molar-refractivity contribution in [3.63, 3.8) is 0 Å². The maximum absolute atomic E-state index is 12.9. The van der Waals surface area contributed by atoms with Crippen molar-refractivity contribution in [2.24, 2.45) is 0 Å². The molecule has 1 aliphatic heterocycles. The minimum atomic E-state index is 0.244. The Morgan fingerprint density at radius 3 is 2.59 bits per heavy atom. The van der Waals surface area contributed by atoms with Crippen molar-refractivity contribution >= 4 is 16.7 Å². The Bertz CT molecular complexity index is 691. The van der Waals surface area contributed by atoms with Gasteiger partial charge in [0, 0.05) is 34.2 Å². The van der Waals surface area contributed by atoms with E-state index < -0.39 is 0 Å². The summed E-state index contributed by atoms with van der Waals surface area (Å²) in [5.74, 6) is 0.244. The van der Waals surface area contributed by atoms with Crippen LogP contribution in [0.1, 0.15) is 54.7 Å². The van der Waals surface area contributed by atoms with Crippen LogP contribution in [-0.4, -0.2) is 34.3 Å². The molecule has 1 saturated heterocycles. The first-order chi connectivity index (χ1) is 10.5. The summed E-state index contributed by atoms with van der Waals surface area (Å²) in [4.78, 5) is 18.7. The predicted octanol–water partition coefficient (Wildman–Crippen LogP) is 4.23. The van der Waals surface area contributed by atoms with E-state index >= 15 is 0 Å². The molecule has 0 spiro atoms. The van der Waals surface area contributed by atoms with Gasteiger partial charge in [0.25, 0.3) is 0 Å². The molecule has 0 radical (unpaired) electrons. The first kappa shape index (κ1) is 15.3. The first-order valence-corrected chi connectivity index (χ1v) is 8.35. The van der Waals surface area contributed by atoms with Crippen LogP contribution >= 0.6 is 0 Å². The lowest BCUT2D eigenvalue weighted by atomic mass is 9.96. The number of fused-ring (bicyclic) bond motifs is 1. The molecule has 1 aromatic heterocycles. The van der Waals surface area contributed by atoms with Crippen LogP contribution in [0.5, 0.6) is 0 Å². The number of hydrogen-bond donors (Lipinski definition) is 1. The van der Waals surface area contributed by atoms with Crippen molar-refractivity contribution in [1.29, 1.82) is 0 Å². The van der Waals surface area contributed by atoms with E-state index in [-0.39, 0.29) is 5.78 Å². The summed E-state index contributed by atoms with van der Waals surface area (Å²) in [6.07, 6.45) is 3.67. The smallest absolute Gasteiger partial charge is 0.179 e. The number of Topliss-reactive ketones (excluding diaryl/α,β-unsaturated/α-hetero) is 1. The van der Waals surface area contributed by atoms with Crippen LogP contribution in [0.3, 0.4) is 0 Å². The van der Waals surface area contributed by atoms with Gasteiger partial charge >= 0.3 is 0 Å². The molecule has 3 nitrogen and oxygen atoms in total. The Balaban J connectivity index is 1.90. The van der Waals surface area contributed by atoms with E-state index in [0.717, 1.165) is 22.2 Å². The van der Waals surface area contributed by atoms with Gasteiger partial charge in [0.2, 0.25) is 0 Å². The van der Waals surface area contributed by atoms with Gasteiger partial charge < -0.3 is 4.98 Å². The normalized spacial score (nSPS) is 23.1. The lowest BCUT2D eigenvalue weighted by Gasteiger charge is -2.38. The maximum atomic E-state index is 12.9. The lowest BCUT2D eigenvalue weighted by molar-refractivity contribution is 0.0735. The predicted molar refractivity (Wildman–Crippen MR) is 91.6 cm³/mol. The summed E-state index contributed by atoms with van der Waals surface area (Å²) in [6, 6.07) is 7.27. The molecule has 2 heterocycles. The highest BCUT2D eigenvalue weighted by atomic mass is 16.1. The van der Waals surface area contributed by atoms with Gasteiger partial charge in [-0.3, -0.25) is 9.69 Å². The summed E-state index contributed by atoms with van der Waals surface area (Å²) >= 11 is 0. The Kier molecular flexibility index (Phi) is 4.09. The Morgan fingerprint density at radius 1 is 1.23 bits per heavy atom. The molecule has 1 N–H and O–H groups in total. The van der Waals surface area contributed by atoms with E-state index in [1.165, 1.54) is 24.8 Å². The minimum absolute atomic E-state index is 0.244. The fourth-order valence-corrected chi connectivity index (χ4v) is 3.84. The van der Waals surface area contributed by atoms with Gasteiger partial charge in [-0.2, -0.15) is 0 Å². The monoisotopic (exact) mass is 298 g/mol. The van der Waals surface area contributed by atoms with E-state index in [2.05, 4.69) is 48.9 Å². The van der Waals surface area contributed by atoms with Crippen molar-refractivity contribution in [2.45, 2.75) is 59.0 Å². The van der Waals surface area contributed by atoms with E-state index in [4.69, 9.17) is 0 Å². The summed E-state index contributed by atoms with van der Waals surface area (Å²) in [6.45, 7) is 9.10. The fourth-order valence-electron chi connectivity index (χ4n) is 3.84. The highest BCUT2D eigenvalue weighted by molar-refractivity contribution is 6.10. The molecule has 1 aliphatic rings. The van der Waals surface area contributed by atoms with Crippen molar-refractivity contribution in [1.82, 2.24) is 9.88 Å². The number of nitrogens with one attached hydrogen (secondary N) is 1. The Hall–Kier alpha value is -1.61. The lowest BCUT2D eigenvalue weighted by Crippen LogP contribution is -2.46. The van der Waals surface area contributed by atoms with Crippen LogP contribution in [0.2, 0.25) is 0 Å². The van der Waals surface area contributed by atoms with E-state index in [9.17, 15) is 4.79 Å². The van der Waals surface area contributed by atoms with Crippen LogP contribution < -0.4 is 0 Å². The van der Waals surface area contributed by atoms with Gasteiger partial charge in [0.05, 0.1) is 6.54 Å². The third-order valence-electron chi connectivity index (χ3n) is 5.12. The molecule has 2 aromatic rings. The highest BCUT2D eigenvalue weighted by Crippen LogP contribution is 2.26. The second-order valence-corrected chi connectivity index (χ2v) is 6.90. The Labute approximate surface area is 132 Å². The van der Waals surface area contributed by atoms with Crippen molar-refractivity contribution < 1.29 is 4.79 Å². The molecule has 3 rings (SSSR count). The number of hydrogen-bond acceptors (Lipinski definition) is 2. The molecule has 118 valence electrons. The molecule has 3 heteroatoms. The van der Waals surface area contributed by atoms with Gasteiger partial charge in [0.1, 0.15) is 0 Å². The molecular formula is C19H26N2O. The van der Waals surface area contributed by atoms with Crippen LogP contribution in [0.15, 0.2) is 18.2 Å². The van der Waals surface area contributed by atoms with E-state index in [0.29, 0.717) is 18.6 Å². The molecule has 0 unspecified atom stereocenters. The highest BCUT2D eigenvalue weighted by Gasteiger charge is 2.28. The third kappa shape index (κ3) is 2.70. The molecule has 22 heavy (non-hydrogen) atoms. The van der Waals surface area contributed by atoms with Gasteiger partial charge in [-0.1, -0.05) is 18.6 Å². The molecule has 0 amide bonds. The van der Waals surface area contributed by atoms with Gasteiger partial charge in [0.15, 0.2) is 5.78 Å². The number of aromatic nitrogens is 1. The van der Waals surface area contributed by atoms with Crippen LogP contribution in [0.25, 0.3) is 10.9 Å². The number of rotatable bonds is 3. The molecule has 0 aliphatic carbocycles. The largest absolute Gasteiger partial charge is 0.358 e. The average molecular weight is 298 g/mol. The van der Waals surface area contributed by atoms with Crippen molar-refractivity contribution in [3.8, 4) is 0 Å². The number of benzene rings is 1. The minimum Gasteiger partial charge on any atom is -0.358 e. The van der Waals surface area contributed by atoms with E-state index in [1.807, 2.05) is 6.92 Å². The number of aryl methyl sites for hydroxylation is 2. The summed E-state index contributed by atoms with van der Waals surface area (Å²) < 4.78 is 0. The number of likely N-dealkylation sites (tertiary alicyclic amines) is 1. The third-order valence-corrected chi connectivity index (χ3v) is 5.12. The van der Waals surface area contributed by atoms with Crippen LogP contribution in [-0.2, 0) is 0 Å². The first-order valence-electron chi connectivity index (χ1n) is 8.35. The molecule has 1 aromatic carbocycles. The topological polar surface area (TPSA) is 36.1 Å². The summed E-state index contributed by atoms with van der Waals surface area (Å²) in [5, 5.41) is 1.06. The number of aromatic amines is 1. The zero-order valence-corrected chi connectivity index (χ0v) is 14.1. The number of H-pyrrole nitrogens is 1. The quantitative estimate of drug-likeness (QED) is 0.861. The number of nitrogens with zero attached hydrogens (tertiary/aromatic N) is 1. The fraction of sp³-hybridized carbons (Fsp3) is 0.526. The number of ketones is 1. The van der Waals surface area contributed by atoms with Crippen LogP contribution in [0.4, 0.5) is 0 Å². The van der Waals surface area contributed by atoms with Gasteiger partial charge in [-0.25, -0.2) is 0 Å². The second kappa shape index (κ2) is 5.88. The molecule has 1 fully saturated rings. The van der Waals surface area contributed by atoms with E-state index in [1.54, 1.807) is 0 Å². The average Bonchev–Trinajstić information content (AvgIpc) is 2.78. The van der Waals surface area contributed by atoms with Gasteiger partial charge in [-0.15, -0.1) is 0 Å². The standard InChI is InChI=1S/C19H26N2O/c1-12-8-9-16-17(10-12)20-15(4)19(16)18(22)11-21-13(2)6-5-7-14(21)3/h8-10,13-14,20H,5-7,11H2,1-4H3/t13-,14+. The zero-order valence-electron chi connectivity index (χ0n) is 14.1. The number of piperidine rings is 1.